The first-order chi connectivity index (χ1) is 6.97. The summed E-state index contributed by atoms with van der Waals surface area (Å²) in [6, 6.07) is 1.70. The van der Waals surface area contributed by atoms with Gasteiger partial charge in [-0.1, -0.05) is 0 Å². The van der Waals surface area contributed by atoms with Gasteiger partial charge >= 0.3 is 0 Å². The fourth-order valence-corrected chi connectivity index (χ4v) is 0.983. The largest absolute Gasteiger partial charge is 0.349 e. The van der Waals surface area contributed by atoms with Gasteiger partial charge in [-0.05, 0) is 14.1 Å². The predicted molar refractivity (Wildman–Crippen MR) is 59.3 cm³/mol. The summed E-state index contributed by atoms with van der Waals surface area (Å²) in [4.78, 5) is 14.9. The number of nitriles is 1. The third-order valence-electron chi connectivity index (χ3n) is 1.98. The van der Waals surface area contributed by atoms with Crippen molar-refractivity contribution in [2.24, 2.45) is 0 Å². The van der Waals surface area contributed by atoms with Crippen molar-refractivity contribution in [3.05, 3.63) is 0 Å². The number of rotatable bonds is 6. The summed E-state index contributed by atoms with van der Waals surface area (Å²) in [5, 5.41) is 11.9. The van der Waals surface area contributed by atoms with E-state index in [2.05, 4.69) is 11.4 Å². The first-order valence-corrected chi connectivity index (χ1v) is 4.95. The van der Waals surface area contributed by atoms with E-state index < -0.39 is 0 Å². The number of carbonyl (C=O) groups is 1. The monoisotopic (exact) mass is 212 g/mol. The second-order valence-corrected chi connectivity index (χ2v) is 3.93. The second kappa shape index (κ2) is 7.21. The molecule has 1 amide bonds. The summed E-state index contributed by atoms with van der Waals surface area (Å²) < 4.78 is 0. The van der Waals surface area contributed by atoms with Crippen molar-refractivity contribution >= 4 is 5.91 Å². The lowest BCUT2D eigenvalue weighted by Crippen LogP contribution is -2.37. The average Bonchev–Trinajstić information content (AvgIpc) is 2.15. The number of carbonyl (C=O) groups excluding carboxylic acids is 1. The van der Waals surface area contributed by atoms with Crippen molar-refractivity contribution in [2.75, 3.05) is 41.3 Å². The normalized spacial score (nSPS) is 12.3. The molecule has 5 heteroatoms. The van der Waals surface area contributed by atoms with Crippen LogP contribution in [-0.2, 0) is 4.79 Å². The summed E-state index contributed by atoms with van der Waals surface area (Å²) >= 11 is 0. The summed E-state index contributed by atoms with van der Waals surface area (Å²) in [7, 11) is 7.31. The Bertz CT molecular complexity index is 232. The highest BCUT2D eigenvalue weighted by atomic mass is 16.2. The Labute approximate surface area is 91.6 Å². The zero-order valence-electron chi connectivity index (χ0n) is 9.95. The van der Waals surface area contributed by atoms with Crippen LogP contribution in [0.3, 0.4) is 0 Å². The Morgan fingerprint density at radius 3 is 2.40 bits per heavy atom. The van der Waals surface area contributed by atoms with Crippen LogP contribution in [0.25, 0.3) is 0 Å². The number of amides is 1. The fourth-order valence-electron chi connectivity index (χ4n) is 0.983. The lowest BCUT2D eigenvalue weighted by atomic mass is 10.2. The van der Waals surface area contributed by atoms with Crippen LogP contribution >= 0.6 is 0 Å². The van der Waals surface area contributed by atoms with Crippen LogP contribution in [0.2, 0.25) is 0 Å². The van der Waals surface area contributed by atoms with Crippen molar-refractivity contribution in [3.8, 4) is 6.07 Å². The van der Waals surface area contributed by atoms with Gasteiger partial charge in [0.2, 0.25) is 5.91 Å². The van der Waals surface area contributed by atoms with E-state index in [4.69, 9.17) is 5.26 Å². The minimum absolute atomic E-state index is 0.0288. The van der Waals surface area contributed by atoms with Gasteiger partial charge in [0, 0.05) is 27.2 Å². The molecule has 0 saturated heterocycles. The summed E-state index contributed by atoms with van der Waals surface area (Å²) in [6.45, 7) is 1.57. The van der Waals surface area contributed by atoms with Crippen LogP contribution in [0.5, 0.6) is 0 Å². The first-order valence-electron chi connectivity index (χ1n) is 4.95. The van der Waals surface area contributed by atoms with Gasteiger partial charge in [-0.3, -0.25) is 4.79 Å². The zero-order valence-corrected chi connectivity index (χ0v) is 9.95. The molecule has 0 aliphatic heterocycles. The van der Waals surface area contributed by atoms with E-state index in [1.807, 2.05) is 19.0 Å². The molecule has 1 N–H and O–H groups in total. The molecule has 0 spiro atoms. The Morgan fingerprint density at radius 2 is 2.00 bits per heavy atom. The predicted octanol–water partition coefficient (Wildman–Crippen LogP) is -0.492. The molecular weight excluding hydrogens is 192 g/mol. The molecule has 0 fully saturated rings. The van der Waals surface area contributed by atoms with E-state index in [-0.39, 0.29) is 18.4 Å². The maximum Gasteiger partial charge on any atom is 0.224 e. The van der Waals surface area contributed by atoms with E-state index >= 15 is 0 Å². The molecule has 5 nitrogen and oxygen atoms in total. The molecule has 0 aliphatic carbocycles. The molecule has 0 bridgehead atoms. The SMILES string of the molecule is CN(C)CCNC(C#N)CC(=O)N(C)C. The molecule has 0 aliphatic rings. The molecule has 0 heterocycles. The molecule has 1 unspecified atom stereocenters. The van der Waals surface area contributed by atoms with Gasteiger partial charge in [0.1, 0.15) is 6.04 Å². The van der Waals surface area contributed by atoms with Crippen LogP contribution in [0.1, 0.15) is 6.42 Å². The minimum Gasteiger partial charge on any atom is -0.349 e. The quantitative estimate of drug-likeness (QED) is 0.645. The van der Waals surface area contributed by atoms with Crippen LogP contribution in [0.15, 0.2) is 0 Å². The van der Waals surface area contributed by atoms with Gasteiger partial charge < -0.3 is 15.1 Å². The van der Waals surface area contributed by atoms with Gasteiger partial charge in [0.25, 0.3) is 0 Å². The number of nitrogens with zero attached hydrogens (tertiary/aromatic N) is 3. The van der Waals surface area contributed by atoms with Crippen LogP contribution in [0, 0.1) is 11.3 Å². The van der Waals surface area contributed by atoms with Crippen LogP contribution in [0.4, 0.5) is 0 Å². The maximum atomic E-state index is 11.3. The highest BCUT2D eigenvalue weighted by Crippen LogP contribution is 1.94. The van der Waals surface area contributed by atoms with E-state index in [0.717, 1.165) is 6.54 Å². The Hall–Kier alpha value is -1.12. The molecule has 0 rings (SSSR count). The highest BCUT2D eigenvalue weighted by Gasteiger charge is 2.13. The smallest absolute Gasteiger partial charge is 0.224 e. The minimum atomic E-state index is -0.389. The van der Waals surface area contributed by atoms with Crippen molar-refractivity contribution in [2.45, 2.75) is 12.5 Å². The molecule has 86 valence electrons. The third-order valence-corrected chi connectivity index (χ3v) is 1.98. The summed E-state index contributed by atoms with van der Waals surface area (Å²) in [5.74, 6) is -0.0288. The van der Waals surface area contributed by atoms with Crippen molar-refractivity contribution in [1.82, 2.24) is 15.1 Å². The summed E-state index contributed by atoms with van der Waals surface area (Å²) in [6.07, 6.45) is 0.233. The molecule has 0 radical (unpaired) electrons. The molecule has 15 heavy (non-hydrogen) atoms. The topological polar surface area (TPSA) is 59.4 Å². The van der Waals surface area contributed by atoms with E-state index in [1.165, 1.54) is 4.90 Å². The van der Waals surface area contributed by atoms with Gasteiger partial charge in [-0.2, -0.15) is 5.26 Å². The van der Waals surface area contributed by atoms with Gasteiger partial charge in [-0.15, -0.1) is 0 Å². The third kappa shape index (κ3) is 6.89. The van der Waals surface area contributed by atoms with Crippen LogP contribution in [-0.4, -0.2) is 63.0 Å². The molecule has 0 aromatic rings. The van der Waals surface area contributed by atoms with E-state index in [1.54, 1.807) is 14.1 Å². The summed E-state index contributed by atoms with van der Waals surface area (Å²) in [5.41, 5.74) is 0. The van der Waals surface area contributed by atoms with Gasteiger partial charge in [0.05, 0.1) is 12.5 Å². The Balaban J connectivity index is 3.85. The number of nitrogens with one attached hydrogen (secondary N) is 1. The lowest BCUT2D eigenvalue weighted by molar-refractivity contribution is -0.128. The van der Waals surface area contributed by atoms with Gasteiger partial charge in [0.15, 0.2) is 0 Å². The molecular formula is C10H20N4O. The van der Waals surface area contributed by atoms with Crippen molar-refractivity contribution in [3.63, 3.8) is 0 Å². The van der Waals surface area contributed by atoms with E-state index in [0.29, 0.717) is 6.54 Å². The lowest BCUT2D eigenvalue weighted by Gasteiger charge is -2.16. The van der Waals surface area contributed by atoms with Crippen molar-refractivity contribution < 1.29 is 4.79 Å². The Kier molecular flexibility index (Phi) is 6.67. The van der Waals surface area contributed by atoms with E-state index in [9.17, 15) is 4.79 Å². The average molecular weight is 212 g/mol. The standard InChI is InChI=1S/C10H20N4O/c1-13(2)6-5-12-9(8-11)7-10(15)14(3)4/h9,12H,5-7H2,1-4H3. The number of hydrogen-bond acceptors (Lipinski definition) is 4. The zero-order chi connectivity index (χ0) is 11.8. The first kappa shape index (κ1) is 13.9. The fraction of sp³-hybridized carbons (Fsp3) is 0.800. The Morgan fingerprint density at radius 1 is 1.40 bits per heavy atom. The molecule has 0 aromatic heterocycles. The maximum absolute atomic E-state index is 11.3. The van der Waals surface area contributed by atoms with Crippen LogP contribution < -0.4 is 5.32 Å². The van der Waals surface area contributed by atoms with Gasteiger partial charge in [-0.25, -0.2) is 0 Å². The number of hydrogen-bond donors (Lipinski definition) is 1. The molecule has 0 saturated carbocycles. The molecule has 1 atom stereocenters. The second-order valence-electron chi connectivity index (χ2n) is 3.93. The number of likely N-dealkylation sites (N-methyl/N-ethyl adjacent to an activating group) is 1. The molecule has 0 aromatic carbocycles. The van der Waals surface area contributed by atoms with Crippen molar-refractivity contribution in [1.29, 1.82) is 5.26 Å². The highest BCUT2D eigenvalue weighted by molar-refractivity contribution is 5.76.